The topological polar surface area (TPSA) is 4.93 Å². The van der Waals surface area contributed by atoms with Crippen molar-refractivity contribution in [3.63, 3.8) is 0 Å². The number of fused-ring (bicyclic) bond motifs is 1. The molecule has 3 aromatic rings. The van der Waals surface area contributed by atoms with E-state index in [2.05, 4.69) is 72.2 Å². The van der Waals surface area contributed by atoms with Crippen LogP contribution >= 0.6 is 0 Å². The molecule has 1 heteroatoms. The normalized spacial score (nSPS) is 13.4. The van der Waals surface area contributed by atoms with Gasteiger partial charge in [-0.25, -0.2) is 0 Å². The van der Waals surface area contributed by atoms with Gasteiger partial charge in [-0.05, 0) is 36.5 Å². The average Bonchev–Trinajstić information content (AvgIpc) is 3.11. The van der Waals surface area contributed by atoms with Gasteiger partial charge in [-0.15, -0.1) is 0 Å². The van der Waals surface area contributed by atoms with E-state index in [9.17, 15) is 0 Å². The van der Waals surface area contributed by atoms with Gasteiger partial charge in [-0.1, -0.05) is 60.7 Å². The van der Waals surface area contributed by atoms with E-state index in [-0.39, 0.29) is 0 Å². The minimum absolute atomic E-state index is 1.15. The Morgan fingerprint density at radius 1 is 0.810 bits per heavy atom. The van der Waals surface area contributed by atoms with Crippen LogP contribution in [0.3, 0.4) is 0 Å². The summed E-state index contributed by atoms with van der Waals surface area (Å²) in [5.74, 6) is 0. The third-order valence-electron chi connectivity index (χ3n) is 4.55. The molecule has 0 radical (unpaired) electrons. The van der Waals surface area contributed by atoms with Gasteiger partial charge < -0.3 is 4.57 Å². The molecule has 0 N–H and O–H groups in total. The molecule has 21 heavy (non-hydrogen) atoms. The van der Waals surface area contributed by atoms with E-state index in [4.69, 9.17) is 0 Å². The van der Waals surface area contributed by atoms with Crippen LogP contribution in [-0.4, -0.2) is 4.57 Å². The summed E-state index contributed by atoms with van der Waals surface area (Å²) in [5.41, 5.74) is 8.44. The fraction of sp³-hybridized carbons (Fsp3) is 0.200. The van der Waals surface area contributed by atoms with Crippen LogP contribution in [0, 0.1) is 6.92 Å². The van der Waals surface area contributed by atoms with Crippen molar-refractivity contribution in [3.05, 3.63) is 71.9 Å². The smallest absolute Gasteiger partial charge is 0.0564 e. The summed E-state index contributed by atoms with van der Waals surface area (Å²) in [6.45, 7) is 3.43. The first-order chi connectivity index (χ1) is 10.4. The molecule has 0 atom stereocenters. The zero-order valence-electron chi connectivity index (χ0n) is 12.3. The lowest BCUT2D eigenvalue weighted by atomic mass is 9.97. The Bertz CT molecular complexity index is 767. The second-order valence-electron chi connectivity index (χ2n) is 5.78. The van der Waals surface area contributed by atoms with Crippen molar-refractivity contribution in [3.8, 4) is 22.4 Å². The maximum absolute atomic E-state index is 2.53. The number of hydrogen-bond donors (Lipinski definition) is 0. The number of aromatic nitrogens is 1. The fourth-order valence-corrected chi connectivity index (χ4v) is 3.62. The number of nitrogens with zero attached hydrogens (tertiary/aromatic N) is 1. The molecular formula is C20H19N. The van der Waals surface area contributed by atoms with Crippen LogP contribution in [0.15, 0.2) is 60.7 Å². The molecule has 1 nitrogen and oxygen atoms in total. The molecular weight excluding hydrogens is 254 g/mol. The molecule has 2 heterocycles. The molecule has 0 unspecified atom stereocenters. The van der Waals surface area contributed by atoms with Gasteiger partial charge in [-0.2, -0.15) is 0 Å². The Morgan fingerprint density at radius 2 is 1.43 bits per heavy atom. The minimum Gasteiger partial charge on any atom is -0.344 e. The summed E-state index contributed by atoms with van der Waals surface area (Å²) in [6, 6.07) is 21.6. The largest absolute Gasteiger partial charge is 0.344 e. The zero-order chi connectivity index (χ0) is 14.2. The quantitative estimate of drug-likeness (QED) is 0.614. The van der Waals surface area contributed by atoms with E-state index >= 15 is 0 Å². The molecule has 1 aliphatic heterocycles. The fourth-order valence-electron chi connectivity index (χ4n) is 3.62. The van der Waals surface area contributed by atoms with E-state index in [0.717, 1.165) is 6.54 Å². The van der Waals surface area contributed by atoms with E-state index in [0.29, 0.717) is 0 Å². The second-order valence-corrected chi connectivity index (χ2v) is 5.78. The molecule has 2 aromatic carbocycles. The highest BCUT2D eigenvalue weighted by Crippen LogP contribution is 2.41. The van der Waals surface area contributed by atoms with Crippen LogP contribution in [0.25, 0.3) is 22.4 Å². The van der Waals surface area contributed by atoms with Crippen LogP contribution in [0.5, 0.6) is 0 Å². The number of hydrogen-bond acceptors (Lipinski definition) is 0. The third-order valence-corrected chi connectivity index (χ3v) is 4.55. The number of benzene rings is 2. The lowest BCUT2D eigenvalue weighted by molar-refractivity contribution is 0.757. The second kappa shape index (κ2) is 4.92. The first-order valence-corrected chi connectivity index (χ1v) is 7.69. The van der Waals surface area contributed by atoms with Crippen LogP contribution in [0.1, 0.15) is 17.7 Å². The lowest BCUT2D eigenvalue weighted by Crippen LogP contribution is -1.96. The monoisotopic (exact) mass is 273 g/mol. The molecule has 1 aliphatic rings. The minimum atomic E-state index is 1.15. The van der Waals surface area contributed by atoms with Crippen LogP contribution < -0.4 is 0 Å². The maximum Gasteiger partial charge on any atom is 0.0564 e. The summed E-state index contributed by atoms with van der Waals surface area (Å²) in [5, 5.41) is 0. The molecule has 0 fully saturated rings. The molecule has 104 valence electrons. The summed E-state index contributed by atoms with van der Waals surface area (Å²) >= 11 is 0. The van der Waals surface area contributed by atoms with Crippen molar-refractivity contribution < 1.29 is 0 Å². The summed E-state index contributed by atoms with van der Waals surface area (Å²) in [4.78, 5) is 0. The third kappa shape index (κ3) is 1.92. The molecule has 0 spiro atoms. The highest BCUT2D eigenvalue weighted by molar-refractivity contribution is 5.85. The van der Waals surface area contributed by atoms with E-state index < -0.39 is 0 Å². The number of rotatable bonds is 2. The van der Waals surface area contributed by atoms with Crippen molar-refractivity contribution >= 4 is 0 Å². The van der Waals surface area contributed by atoms with Crippen molar-refractivity contribution in [2.45, 2.75) is 26.3 Å². The first-order valence-electron chi connectivity index (χ1n) is 7.69. The van der Waals surface area contributed by atoms with E-state index in [1.54, 1.807) is 0 Å². The van der Waals surface area contributed by atoms with Gasteiger partial charge in [0, 0.05) is 17.8 Å². The van der Waals surface area contributed by atoms with Gasteiger partial charge in [0.15, 0.2) is 0 Å². The molecule has 1 aromatic heterocycles. The Morgan fingerprint density at radius 3 is 2.10 bits per heavy atom. The van der Waals surface area contributed by atoms with Crippen LogP contribution in [-0.2, 0) is 13.0 Å². The Kier molecular flexibility index (Phi) is 2.92. The summed E-state index contributed by atoms with van der Waals surface area (Å²) < 4.78 is 2.53. The van der Waals surface area contributed by atoms with Crippen molar-refractivity contribution in [1.29, 1.82) is 0 Å². The van der Waals surface area contributed by atoms with Gasteiger partial charge >= 0.3 is 0 Å². The standard InChI is InChI=1S/C20H19N/c1-15-18-13-8-14-21(18)20(17-11-6-3-7-12-17)19(15)16-9-4-2-5-10-16/h2-7,9-12H,8,13-14H2,1H3. The van der Waals surface area contributed by atoms with Gasteiger partial charge in [0.1, 0.15) is 0 Å². The predicted octanol–water partition coefficient (Wildman–Crippen LogP) is 5.08. The van der Waals surface area contributed by atoms with Gasteiger partial charge in [-0.3, -0.25) is 0 Å². The van der Waals surface area contributed by atoms with Gasteiger partial charge in [0.25, 0.3) is 0 Å². The van der Waals surface area contributed by atoms with Crippen LogP contribution in [0.2, 0.25) is 0 Å². The summed E-state index contributed by atoms with van der Waals surface area (Å²) in [7, 11) is 0. The Balaban J connectivity index is 2.03. The Hall–Kier alpha value is -2.28. The first kappa shape index (κ1) is 12.5. The summed E-state index contributed by atoms with van der Waals surface area (Å²) in [6.07, 6.45) is 2.48. The predicted molar refractivity (Wildman–Crippen MR) is 88.4 cm³/mol. The van der Waals surface area contributed by atoms with Gasteiger partial charge in [0.2, 0.25) is 0 Å². The molecule has 0 saturated carbocycles. The van der Waals surface area contributed by atoms with E-state index in [1.165, 1.54) is 46.5 Å². The Labute approximate surface area is 125 Å². The van der Waals surface area contributed by atoms with Crippen molar-refractivity contribution in [1.82, 2.24) is 4.57 Å². The maximum atomic E-state index is 2.53. The average molecular weight is 273 g/mol. The molecule has 0 amide bonds. The zero-order valence-corrected chi connectivity index (χ0v) is 12.3. The highest BCUT2D eigenvalue weighted by Gasteiger charge is 2.24. The van der Waals surface area contributed by atoms with Crippen LogP contribution in [0.4, 0.5) is 0 Å². The van der Waals surface area contributed by atoms with Crippen molar-refractivity contribution in [2.24, 2.45) is 0 Å². The lowest BCUT2D eigenvalue weighted by Gasteiger charge is -2.10. The molecule has 0 aliphatic carbocycles. The molecule has 4 rings (SSSR count). The molecule has 0 saturated heterocycles. The highest BCUT2D eigenvalue weighted by atomic mass is 15.0. The molecule has 0 bridgehead atoms. The van der Waals surface area contributed by atoms with Gasteiger partial charge in [0.05, 0.1) is 5.69 Å². The SMILES string of the molecule is Cc1c(-c2ccccc2)c(-c2ccccc2)n2c1CCC2. The van der Waals surface area contributed by atoms with Crippen molar-refractivity contribution in [2.75, 3.05) is 0 Å². The van der Waals surface area contributed by atoms with E-state index in [1.807, 2.05) is 0 Å².